The van der Waals surface area contributed by atoms with Gasteiger partial charge in [-0.25, -0.2) is 4.98 Å². The van der Waals surface area contributed by atoms with Gasteiger partial charge in [-0.15, -0.1) is 36.6 Å². The second-order valence-corrected chi connectivity index (χ2v) is 10.2. The molecule has 34 heavy (non-hydrogen) atoms. The number of carbonyl (C=O) groups is 1. The van der Waals surface area contributed by atoms with Crippen molar-refractivity contribution in [2.45, 2.75) is 48.6 Å². The van der Waals surface area contributed by atoms with E-state index in [0.717, 1.165) is 27.9 Å². The van der Waals surface area contributed by atoms with Gasteiger partial charge in [0.1, 0.15) is 0 Å². The molecule has 6 nitrogen and oxygen atoms in total. The largest absolute Gasteiger partial charge is 0.391 e. The van der Waals surface area contributed by atoms with Crippen LogP contribution in [0.1, 0.15) is 24.8 Å². The molecule has 3 aromatic rings. The first-order valence-electron chi connectivity index (χ1n) is 10.4. The van der Waals surface area contributed by atoms with Gasteiger partial charge in [0.25, 0.3) is 5.56 Å². The lowest BCUT2D eigenvalue weighted by atomic mass is 9.97. The Kier molecular flexibility index (Phi) is 11.3. The Bertz CT molecular complexity index is 1190. The van der Waals surface area contributed by atoms with Crippen molar-refractivity contribution in [1.29, 1.82) is 0 Å². The van der Waals surface area contributed by atoms with Crippen molar-refractivity contribution in [2.24, 2.45) is 0 Å². The molecule has 184 valence electrons. The predicted molar refractivity (Wildman–Crippen MR) is 146 cm³/mol. The van der Waals surface area contributed by atoms with Crippen LogP contribution in [-0.4, -0.2) is 39.1 Å². The molecule has 0 saturated carbocycles. The Hall–Kier alpha value is -1.13. The van der Waals surface area contributed by atoms with E-state index < -0.39 is 6.10 Å². The monoisotopic (exact) mass is 607 g/mol. The maximum atomic E-state index is 13.0. The molecule has 0 amide bonds. The van der Waals surface area contributed by atoms with Gasteiger partial charge >= 0.3 is 0 Å². The maximum absolute atomic E-state index is 13.0. The van der Waals surface area contributed by atoms with E-state index in [1.54, 1.807) is 23.9 Å². The molecule has 1 fully saturated rings. The molecule has 1 saturated heterocycles. The van der Waals surface area contributed by atoms with Crippen molar-refractivity contribution in [3.63, 3.8) is 0 Å². The molecule has 4 rings (SSSR count). The second kappa shape index (κ2) is 13.3. The quantitative estimate of drug-likeness (QED) is 0.366. The van der Waals surface area contributed by atoms with Crippen molar-refractivity contribution < 1.29 is 9.90 Å². The topological polar surface area (TPSA) is 84.2 Å². The minimum absolute atomic E-state index is 0. The standard InChI is InChI=1S/C23H23BrClN3O3S.2ClH/c24-15-5-3-14(4-6-15)12-32-22-9-17-19(10-18(22)25)27-13-28(23(17)31)11-16(29)8-20-21(30)2-1-7-26-20;;/h3-6,9-10,13,20-21,26,30H,1-2,7-8,11-12H2;2*1H/t20-,21+;;/m1../s1. The van der Waals surface area contributed by atoms with Gasteiger partial charge in [0.2, 0.25) is 0 Å². The molecule has 11 heteroatoms. The van der Waals surface area contributed by atoms with Crippen LogP contribution in [0.15, 0.2) is 56.9 Å². The van der Waals surface area contributed by atoms with Crippen molar-refractivity contribution in [3.8, 4) is 0 Å². The number of Topliss-reactive ketones (excluding diaryl/α,β-unsaturated/α-hetero) is 1. The molecular weight excluding hydrogens is 585 g/mol. The predicted octanol–water partition coefficient (Wildman–Crippen LogP) is 5.02. The van der Waals surface area contributed by atoms with Gasteiger partial charge in [0.05, 0.1) is 34.9 Å². The number of rotatable bonds is 7. The average Bonchev–Trinajstić information content (AvgIpc) is 2.77. The molecule has 1 aromatic heterocycles. The maximum Gasteiger partial charge on any atom is 0.261 e. The highest BCUT2D eigenvalue weighted by Gasteiger charge is 2.25. The van der Waals surface area contributed by atoms with E-state index >= 15 is 0 Å². The molecule has 0 unspecified atom stereocenters. The van der Waals surface area contributed by atoms with Crippen LogP contribution in [0.25, 0.3) is 10.9 Å². The summed E-state index contributed by atoms with van der Waals surface area (Å²) in [6.45, 7) is 0.713. The number of ketones is 1. The summed E-state index contributed by atoms with van der Waals surface area (Å²) in [6, 6.07) is 11.2. The highest BCUT2D eigenvalue weighted by Crippen LogP contribution is 2.32. The van der Waals surface area contributed by atoms with E-state index in [-0.39, 0.29) is 55.2 Å². The van der Waals surface area contributed by atoms with Crippen molar-refractivity contribution in [2.75, 3.05) is 6.54 Å². The molecule has 0 radical (unpaired) electrons. The third-order valence-corrected chi connectivity index (χ3v) is 7.61. The van der Waals surface area contributed by atoms with Crippen LogP contribution in [0.5, 0.6) is 0 Å². The summed E-state index contributed by atoms with van der Waals surface area (Å²) in [7, 11) is 0. The molecule has 0 bridgehead atoms. The van der Waals surface area contributed by atoms with Crippen LogP contribution in [0.4, 0.5) is 0 Å². The van der Waals surface area contributed by atoms with Crippen LogP contribution >= 0.6 is 64.1 Å². The zero-order valence-electron chi connectivity index (χ0n) is 18.1. The normalized spacial score (nSPS) is 17.6. The van der Waals surface area contributed by atoms with Gasteiger partial charge in [-0.05, 0) is 49.2 Å². The Balaban J connectivity index is 0.00000204. The minimum atomic E-state index is -0.536. The van der Waals surface area contributed by atoms with Gasteiger partial charge in [-0.1, -0.05) is 39.7 Å². The fourth-order valence-corrected chi connectivity index (χ4v) is 5.27. The van der Waals surface area contributed by atoms with E-state index in [1.165, 1.54) is 10.9 Å². The summed E-state index contributed by atoms with van der Waals surface area (Å²) in [5, 5.41) is 14.2. The van der Waals surface area contributed by atoms with Crippen LogP contribution < -0.4 is 10.9 Å². The van der Waals surface area contributed by atoms with Gasteiger partial charge in [-0.3, -0.25) is 14.2 Å². The molecule has 1 aliphatic rings. The number of hydrogen-bond donors (Lipinski definition) is 2. The summed E-state index contributed by atoms with van der Waals surface area (Å²) in [5.41, 5.74) is 1.37. The number of nitrogens with one attached hydrogen (secondary N) is 1. The number of fused-ring (bicyclic) bond motifs is 1. The van der Waals surface area contributed by atoms with Crippen LogP contribution in [0.3, 0.4) is 0 Å². The average molecular weight is 610 g/mol. The molecule has 2 atom stereocenters. The number of nitrogens with zero attached hydrogens (tertiary/aromatic N) is 2. The summed E-state index contributed by atoms with van der Waals surface area (Å²) in [4.78, 5) is 30.7. The number of thioether (sulfide) groups is 1. The fourth-order valence-electron chi connectivity index (χ4n) is 3.77. The van der Waals surface area contributed by atoms with Gasteiger partial charge in [0, 0.05) is 27.6 Å². The highest BCUT2D eigenvalue weighted by molar-refractivity contribution is 9.10. The number of carbonyl (C=O) groups excluding carboxylic acids is 1. The lowest BCUT2D eigenvalue weighted by molar-refractivity contribution is -0.121. The first kappa shape index (κ1) is 29.1. The highest BCUT2D eigenvalue weighted by atomic mass is 79.9. The second-order valence-electron chi connectivity index (χ2n) is 7.91. The van der Waals surface area contributed by atoms with Gasteiger partial charge < -0.3 is 10.4 Å². The van der Waals surface area contributed by atoms with E-state index in [4.69, 9.17) is 11.6 Å². The zero-order chi connectivity index (χ0) is 22.7. The van der Waals surface area contributed by atoms with Crippen LogP contribution in [0, 0.1) is 0 Å². The number of hydrogen-bond acceptors (Lipinski definition) is 6. The number of benzene rings is 2. The molecule has 2 N–H and O–H groups in total. The Morgan fingerprint density at radius 1 is 1.26 bits per heavy atom. The Morgan fingerprint density at radius 3 is 2.71 bits per heavy atom. The Labute approximate surface area is 227 Å². The smallest absolute Gasteiger partial charge is 0.261 e. The summed E-state index contributed by atoms with van der Waals surface area (Å²) < 4.78 is 2.35. The molecule has 0 aliphatic carbocycles. The fraction of sp³-hybridized carbons (Fsp3) is 0.348. The van der Waals surface area contributed by atoms with E-state index in [0.29, 0.717) is 28.1 Å². The van der Waals surface area contributed by atoms with E-state index in [9.17, 15) is 14.7 Å². The first-order chi connectivity index (χ1) is 15.4. The molecular formula is C23H25BrCl3N3O3S. The minimum Gasteiger partial charge on any atom is -0.391 e. The lowest BCUT2D eigenvalue weighted by Crippen LogP contribution is -2.46. The van der Waals surface area contributed by atoms with Crippen molar-refractivity contribution in [3.05, 3.63) is 68.1 Å². The van der Waals surface area contributed by atoms with Gasteiger partial charge in [0.15, 0.2) is 5.78 Å². The lowest BCUT2D eigenvalue weighted by Gasteiger charge is -2.28. The SMILES string of the molecule is Cl.Cl.O=C(C[C@H]1NCCC[C@@H]1O)Cn1cnc2cc(Cl)c(SCc3ccc(Br)cc3)cc2c1=O. The summed E-state index contributed by atoms with van der Waals surface area (Å²) in [5.74, 6) is 0.591. The number of piperidine rings is 1. The summed E-state index contributed by atoms with van der Waals surface area (Å²) in [6.07, 6.45) is 2.61. The molecule has 2 heterocycles. The molecule has 1 aliphatic heterocycles. The summed E-state index contributed by atoms with van der Waals surface area (Å²) >= 11 is 11.4. The number of aliphatic hydroxyl groups is 1. The number of aromatic nitrogens is 2. The van der Waals surface area contributed by atoms with E-state index in [1.807, 2.05) is 24.3 Å². The van der Waals surface area contributed by atoms with Gasteiger partial charge in [-0.2, -0.15) is 0 Å². The first-order valence-corrected chi connectivity index (χ1v) is 12.6. The molecule has 2 aromatic carbocycles. The number of aliphatic hydroxyl groups excluding tert-OH is 1. The third kappa shape index (κ3) is 7.20. The zero-order valence-corrected chi connectivity index (χ0v) is 22.9. The molecule has 0 spiro atoms. The van der Waals surface area contributed by atoms with Crippen LogP contribution in [-0.2, 0) is 17.1 Å². The van der Waals surface area contributed by atoms with Crippen LogP contribution in [0.2, 0.25) is 5.02 Å². The van der Waals surface area contributed by atoms with Crippen molar-refractivity contribution >= 4 is 80.8 Å². The number of halogens is 4. The third-order valence-electron chi connectivity index (χ3n) is 5.53. The van der Waals surface area contributed by atoms with E-state index in [2.05, 4.69) is 26.2 Å². The Morgan fingerprint density at radius 2 is 2.00 bits per heavy atom. The van der Waals surface area contributed by atoms with Crippen molar-refractivity contribution in [1.82, 2.24) is 14.9 Å².